The van der Waals surface area contributed by atoms with E-state index in [9.17, 15) is 20.1 Å². The van der Waals surface area contributed by atoms with Crippen molar-refractivity contribution in [2.24, 2.45) is 5.41 Å². The molecule has 1 unspecified atom stereocenters. The molecule has 0 amide bonds. The average Bonchev–Trinajstić information content (AvgIpc) is 2.61. The number of aliphatic hydroxyl groups is 3. The van der Waals surface area contributed by atoms with Gasteiger partial charge in [0.25, 0.3) is 0 Å². The van der Waals surface area contributed by atoms with E-state index in [2.05, 4.69) is 18.8 Å². The van der Waals surface area contributed by atoms with Crippen molar-refractivity contribution in [2.45, 2.75) is 97.9 Å². The molecule has 0 rings (SSSR count). The second-order valence-corrected chi connectivity index (χ2v) is 8.27. The molecule has 0 heterocycles. The van der Waals surface area contributed by atoms with Crippen LogP contribution in [0.15, 0.2) is 36.5 Å². The summed E-state index contributed by atoms with van der Waals surface area (Å²) in [6.07, 6.45) is 12.3. The number of carbonyl (C=O) groups is 1. The molecule has 0 fully saturated rings. The fraction of sp³-hybridized carbons (Fsp3) is 0.640. The van der Waals surface area contributed by atoms with Crippen molar-refractivity contribution in [1.29, 1.82) is 0 Å². The van der Waals surface area contributed by atoms with Crippen LogP contribution in [0.25, 0.3) is 0 Å². The van der Waals surface area contributed by atoms with Gasteiger partial charge >= 0.3 is 5.97 Å². The number of aliphatic carboxylic acids is 1. The quantitative estimate of drug-likeness (QED) is 0.181. The predicted octanol–water partition coefficient (Wildman–Crippen LogP) is 4.63. The zero-order valence-electron chi connectivity index (χ0n) is 18.6. The van der Waals surface area contributed by atoms with Crippen LogP contribution in [0.4, 0.5) is 0 Å². The molecule has 3 atom stereocenters. The number of carboxylic acid groups (broad SMARTS) is 1. The van der Waals surface area contributed by atoms with Crippen LogP contribution in [0, 0.1) is 17.3 Å². The Morgan fingerprint density at radius 2 is 1.68 bits per heavy atom. The summed E-state index contributed by atoms with van der Waals surface area (Å²) in [6.45, 7) is 7.92. The first-order valence-electron chi connectivity index (χ1n) is 10.3. The van der Waals surface area contributed by atoms with E-state index in [1.54, 1.807) is 18.2 Å². The van der Waals surface area contributed by atoms with E-state index < -0.39 is 23.8 Å². The molecule has 6 heteroatoms. The van der Waals surface area contributed by atoms with Crippen LogP contribution in [-0.2, 0) is 25.2 Å². The Morgan fingerprint density at radius 1 is 1.06 bits per heavy atom. The number of carboxylic acids is 1. The van der Waals surface area contributed by atoms with E-state index >= 15 is 0 Å². The molecular weight excluding hydrogens is 566 g/mol. The van der Waals surface area contributed by atoms with Crippen LogP contribution in [0.3, 0.4) is 0 Å². The first-order valence-corrected chi connectivity index (χ1v) is 10.3. The van der Waals surface area contributed by atoms with E-state index in [-0.39, 0.29) is 46.1 Å². The maximum absolute atomic E-state index is 10.4. The van der Waals surface area contributed by atoms with Crippen LogP contribution in [-0.4, -0.2) is 44.2 Å². The van der Waals surface area contributed by atoms with Crippen LogP contribution in [0.5, 0.6) is 0 Å². The Labute approximate surface area is 203 Å². The first kappa shape index (κ1) is 34.4. The maximum Gasteiger partial charge on any atom is 0.303 e. The molecule has 31 heavy (non-hydrogen) atoms. The second-order valence-electron chi connectivity index (χ2n) is 8.27. The van der Waals surface area contributed by atoms with E-state index in [4.69, 9.17) is 5.11 Å². The average molecular weight is 609 g/mol. The molecule has 1 radical (unpaired) electrons. The predicted molar refractivity (Wildman–Crippen MR) is 124 cm³/mol. The van der Waals surface area contributed by atoms with E-state index in [1.165, 1.54) is 6.08 Å². The van der Waals surface area contributed by atoms with Crippen LogP contribution >= 0.6 is 0 Å². The van der Waals surface area contributed by atoms with Crippen molar-refractivity contribution in [3.8, 4) is 11.8 Å². The van der Waals surface area contributed by atoms with Gasteiger partial charge in [0.15, 0.2) is 0 Å². The Balaban J connectivity index is -0.00000392. The van der Waals surface area contributed by atoms with Crippen LogP contribution in [0.1, 0.15) is 80.1 Å². The fourth-order valence-corrected chi connectivity index (χ4v) is 2.51. The van der Waals surface area contributed by atoms with Gasteiger partial charge in [-0.05, 0) is 40.0 Å². The van der Waals surface area contributed by atoms with Gasteiger partial charge in [-0.1, -0.05) is 75.5 Å². The Bertz CT molecular complexity index is 624. The first-order chi connectivity index (χ1) is 13.5. The molecule has 0 spiro atoms. The summed E-state index contributed by atoms with van der Waals surface area (Å²) in [4.78, 5) is 10.4. The molecule has 5 nitrogen and oxygen atoms in total. The van der Waals surface area contributed by atoms with E-state index in [0.717, 1.165) is 19.3 Å². The molecule has 0 aliphatic rings. The van der Waals surface area contributed by atoms with Crippen molar-refractivity contribution in [2.75, 3.05) is 0 Å². The Morgan fingerprint density at radius 3 is 2.26 bits per heavy atom. The van der Waals surface area contributed by atoms with Crippen molar-refractivity contribution in [1.82, 2.24) is 0 Å². The number of hydrogen-bond acceptors (Lipinski definition) is 4. The smallest absolute Gasteiger partial charge is 0.303 e. The second kappa shape index (κ2) is 18.4. The Hall–Kier alpha value is -1.21. The molecule has 0 bridgehead atoms. The molecule has 0 aromatic rings. The van der Waals surface area contributed by atoms with E-state index in [0.29, 0.717) is 12.8 Å². The molecule has 0 aromatic carbocycles. The Kier molecular flexibility index (Phi) is 20.4. The van der Waals surface area contributed by atoms with Crippen molar-refractivity contribution in [3.63, 3.8) is 0 Å². The minimum Gasteiger partial charge on any atom is -0.481 e. The van der Waals surface area contributed by atoms with Gasteiger partial charge in [-0.2, -0.15) is 0 Å². The monoisotopic (exact) mass is 609 g/mol. The molecule has 0 saturated carbocycles. The van der Waals surface area contributed by atoms with Crippen molar-refractivity contribution >= 4 is 5.97 Å². The topological polar surface area (TPSA) is 98.0 Å². The summed E-state index contributed by atoms with van der Waals surface area (Å²) in [6, 6.07) is 0. The van der Waals surface area contributed by atoms with Crippen molar-refractivity contribution < 1.29 is 45.6 Å². The third kappa shape index (κ3) is 20.4. The van der Waals surface area contributed by atoms with E-state index in [1.807, 2.05) is 32.9 Å². The molecule has 179 valence electrons. The summed E-state index contributed by atoms with van der Waals surface area (Å²) < 4.78 is 0. The van der Waals surface area contributed by atoms with Gasteiger partial charge in [-0.25, -0.2) is 0 Å². The number of aliphatic hydroxyl groups excluding tert-OH is 2. The summed E-state index contributed by atoms with van der Waals surface area (Å²) in [5.41, 5.74) is -1.07. The molecule has 4 N–H and O–H groups in total. The van der Waals surface area contributed by atoms with Gasteiger partial charge in [0, 0.05) is 38.7 Å². The van der Waals surface area contributed by atoms with Gasteiger partial charge in [0.1, 0.15) is 0 Å². The van der Waals surface area contributed by atoms with Crippen LogP contribution in [0.2, 0.25) is 0 Å². The summed E-state index contributed by atoms with van der Waals surface area (Å²) in [7, 11) is 0. The zero-order valence-corrected chi connectivity index (χ0v) is 21.4. The standard InChI is InChI=1S/C24H38O5.CH4.Re/c1-5-6-18-24(4,29)19-12-17-23(2,3)16-10-8-7-9-13-20(25)21(26)14-11-15-22(27)28;;/h7-10,13,16,20-21,25-26,29H,5-6,11,14-15,18-19H2,1-4H3,(H,27,28);1H4;/b8-7+,13-9+,16-10-;;/t20-,21+,24?;;/m1../s1. The largest absolute Gasteiger partial charge is 0.481 e. The van der Waals surface area contributed by atoms with Crippen molar-refractivity contribution in [3.05, 3.63) is 36.5 Å². The van der Waals surface area contributed by atoms with Gasteiger partial charge in [-0.15, -0.1) is 0 Å². The van der Waals surface area contributed by atoms with Gasteiger partial charge in [0.2, 0.25) is 0 Å². The number of hydrogen-bond donors (Lipinski definition) is 4. The maximum atomic E-state index is 10.4. The summed E-state index contributed by atoms with van der Waals surface area (Å²) in [5, 5.41) is 38.4. The van der Waals surface area contributed by atoms with Gasteiger partial charge in [-0.3, -0.25) is 4.79 Å². The number of unbranched alkanes of at least 4 members (excludes halogenated alkanes) is 1. The molecular formula is C25H42O5Re. The normalized spacial score (nSPS) is 15.6. The number of rotatable bonds is 13. The van der Waals surface area contributed by atoms with Gasteiger partial charge < -0.3 is 20.4 Å². The molecule has 0 aromatic heterocycles. The van der Waals surface area contributed by atoms with Gasteiger partial charge in [0.05, 0.1) is 17.8 Å². The third-order valence-electron chi connectivity index (χ3n) is 4.39. The zero-order chi connectivity index (χ0) is 22.3. The minimum absolute atomic E-state index is 0. The molecule has 0 aliphatic carbocycles. The fourth-order valence-electron chi connectivity index (χ4n) is 2.51. The molecule has 0 aliphatic heterocycles. The third-order valence-corrected chi connectivity index (χ3v) is 4.39. The SMILES string of the molecule is C.CCCCC(C)(O)CC#CC(C)(C)\C=C/C=C/C=C/[C@@H](O)[C@@H](O)CCCC(=O)O.[Re]. The summed E-state index contributed by atoms with van der Waals surface area (Å²) >= 11 is 0. The van der Waals surface area contributed by atoms with Crippen LogP contribution < -0.4 is 0 Å². The minimum atomic E-state index is -1.03. The molecule has 0 saturated heterocycles. The number of allylic oxidation sites excluding steroid dienone is 5. The summed E-state index contributed by atoms with van der Waals surface area (Å²) in [5.74, 6) is 5.36.